The van der Waals surface area contributed by atoms with Gasteiger partial charge in [0, 0.05) is 26.2 Å². The highest BCUT2D eigenvalue weighted by Gasteiger charge is 2.36. The number of halogens is 3. The number of aliphatic imine (C=N–C) groups is 1. The molecule has 1 N–H and O–H groups in total. The minimum absolute atomic E-state index is 0. The lowest BCUT2D eigenvalue weighted by atomic mass is 10.2. The molecule has 1 atom stereocenters. The van der Waals surface area contributed by atoms with Gasteiger partial charge in [0.2, 0.25) is 0 Å². The molecule has 27 heavy (non-hydrogen) atoms. The Morgan fingerprint density at radius 1 is 1.41 bits per heavy atom. The van der Waals surface area contributed by atoms with Gasteiger partial charge in [0.05, 0.1) is 17.6 Å². The fourth-order valence-electron chi connectivity index (χ4n) is 3.05. The number of carbonyl (C=O) groups excluding carboxylic acids is 1. The van der Waals surface area contributed by atoms with E-state index in [1.54, 1.807) is 17.0 Å². The molecule has 2 aliphatic rings. The molecule has 1 saturated heterocycles. The van der Waals surface area contributed by atoms with Gasteiger partial charge in [-0.2, -0.15) is 0 Å². The van der Waals surface area contributed by atoms with Crippen LogP contribution in [0, 0.1) is 5.82 Å². The van der Waals surface area contributed by atoms with Gasteiger partial charge < -0.3 is 19.9 Å². The zero-order chi connectivity index (χ0) is 18.9. The van der Waals surface area contributed by atoms with E-state index in [2.05, 4.69) is 15.2 Å². The number of rotatable bonds is 2. The molecule has 1 aromatic rings. The van der Waals surface area contributed by atoms with Gasteiger partial charge in [0.1, 0.15) is 11.4 Å². The Labute approximate surface area is 181 Å². The Hall–Kier alpha value is -1.29. The van der Waals surface area contributed by atoms with Crippen molar-refractivity contribution in [2.24, 2.45) is 4.99 Å². The van der Waals surface area contributed by atoms with Crippen LogP contribution in [0.2, 0.25) is 5.02 Å². The first-order valence-corrected chi connectivity index (χ1v) is 9.07. The number of nitrogens with zero attached hydrogens (tertiary/aromatic N) is 3. The molecular formula is C18H25ClFIN4O2. The highest BCUT2D eigenvalue weighted by molar-refractivity contribution is 14.0. The first-order chi connectivity index (χ1) is 12.2. The molecule has 0 aliphatic carbocycles. The highest BCUT2D eigenvalue weighted by Crippen LogP contribution is 2.20. The Morgan fingerprint density at radius 2 is 2.15 bits per heavy atom. The zero-order valence-corrected chi connectivity index (χ0v) is 18.8. The van der Waals surface area contributed by atoms with E-state index >= 15 is 0 Å². The summed E-state index contributed by atoms with van der Waals surface area (Å²) in [6.45, 7) is 8.61. The third kappa shape index (κ3) is 5.60. The van der Waals surface area contributed by atoms with Gasteiger partial charge in [0.15, 0.2) is 5.96 Å². The van der Waals surface area contributed by atoms with Gasteiger partial charge in [-0.25, -0.2) is 9.18 Å². The van der Waals surface area contributed by atoms with Crippen molar-refractivity contribution in [2.75, 3.05) is 26.2 Å². The standard InChI is InChI=1S/C18H24ClFN4O2.HI/c1-18(2,3)26-17(25)23-6-7-24-13(11-23)10-22-16(24)21-9-12-4-5-15(20)14(19)8-12;/h4-5,8,13H,6-7,9-11H2,1-3H3,(H,21,22);1H. The van der Waals surface area contributed by atoms with Gasteiger partial charge in [0.25, 0.3) is 0 Å². The zero-order valence-electron chi connectivity index (χ0n) is 15.7. The molecule has 6 nitrogen and oxygen atoms in total. The van der Waals surface area contributed by atoms with E-state index in [9.17, 15) is 9.18 Å². The molecule has 1 fully saturated rings. The first-order valence-electron chi connectivity index (χ1n) is 8.70. The Kier molecular flexibility index (Phi) is 7.18. The van der Waals surface area contributed by atoms with Gasteiger partial charge in [-0.3, -0.25) is 4.99 Å². The van der Waals surface area contributed by atoms with Gasteiger partial charge in [-0.05, 0) is 38.5 Å². The summed E-state index contributed by atoms with van der Waals surface area (Å²) in [4.78, 5) is 20.7. The number of carbonyl (C=O) groups is 1. The number of piperazine rings is 1. The number of benzene rings is 1. The predicted octanol–water partition coefficient (Wildman–Crippen LogP) is 3.48. The van der Waals surface area contributed by atoms with Crippen LogP contribution in [0.5, 0.6) is 0 Å². The van der Waals surface area contributed by atoms with Crippen LogP contribution in [-0.2, 0) is 11.3 Å². The molecule has 1 aromatic carbocycles. The SMILES string of the molecule is CC(C)(C)OC(=O)N1CCN2C(NCc3ccc(F)c(Cl)c3)=NCC2C1.I. The fraction of sp³-hybridized carbons (Fsp3) is 0.556. The number of ether oxygens (including phenoxy) is 1. The van der Waals surface area contributed by atoms with Crippen molar-refractivity contribution in [3.63, 3.8) is 0 Å². The molecule has 0 bridgehead atoms. The summed E-state index contributed by atoms with van der Waals surface area (Å²) in [6, 6.07) is 4.81. The lowest BCUT2D eigenvalue weighted by Crippen LogP contribution is -2.57. The van der Waals surface area contributed by atoms with E-state index in [1.807, 2.05) is 20.8 Å². The van der Waals surface area contributed by atoms with Gasteiger partial charge in [-0.15, -0.1) is 24.0 Å². The van der Waals surface area contributed by atoms with Gasteiger partial charge in [-0.1, -0.05) is 17.7 Å². The number of amides is 1. The molecule has 3 rings (SSSR count). The molecule has 9 heteroatoms. The first kappa shape index (κ1) is 22.0. The van der Waals surface area contributed by atoms with Crippen LogP contribution >= 0.6 is 35.6 Å². The summed E-state index contributed by atoms with van der Waals surface area (Å²) < 4.78 is 18.7. The monoisotopic (exact) mass is 510 g/mol. The van der Waals surface area contributed by atoms with E-state index < -0.39 is 11.4 Å². The molecule has 0 radical (unpaired) electrons. The molecule has 0 aromatic heterocycles. The van der Waals surface area contributed by atoms with E-state index in [-0.39, 0.29) is 41.1 Å². The largest absolute Gasteiger partial charge is 0.444 e. The summed E-state index contributed by atoms with van der Waals surface area (Å²) in [5.74, 6) is 0.381. The topological polar surface area (TPSA) is 57.2 Å². The van der Waals surface area contributed by atoms with Crippen LogP contribution in [-0.4, -0.2) is 59.7 Å². The van der Waals surface area contributed by atoms with E-state index in [0.29, 0.717) is 32.7 Å². The minimum Gasteiger partial charge on any atom is -0.444 e. The van der Waals surface area contributed by atoms with Crippen LogP contribution in [0.3, 0.4) is 0 Å². The number of hydrogen-bond acceptors (Lipinski definition) is 5. The van der Waals surface area contributed by atoms with Crippen molar-refractivity contribution < 1.29 is 13.9 Å². The van der Waals surface area contributed by atoms with Crippen LogP contribution in [0.1, 0.15) is 26.3 Å². The minimum atomic E-state index is -0.496. The average Bonchev–Trinajstić information content (AvgIpc) is 2.96. The third-order valence-corrected chi connectivity index (χ3v) is 4.58. The summed E-state index contributed by atoms with van der Waals surface area (Å²) in [6.07, 6.45) is -0.278. The van der Waals surface area contributed by atoms with Crippen molar-refractivity contribution >= 4 is 47.6 Å². The lowest BCUT2D eigenvalue weighted by Gasteiger charge is -2.39. The maximum Gasteiger partial charge on any atom is 0.410 e. The average molecular weight is 511 g/mol. The van der Waals surface area contributed by atoms with Crippen molar-refractivity contribution in [3.8, 4) is 0 Å². The molecule has 2 heterocycles. The molecule has 0 spiro atoms. The van der Waals surface area contributed by atoms with Crippen molar-refractivity contribution in [1.29, 1.82) is 0 Å². The second-order valence-electron chi connectivity index (χ2n) is 7.54. The maximum atomic E-state index is 13.2. The maximum absolute atomic E-state index is 13.2. The second-order valence-corrected chi connectivity index (χ2v) is 7.95. The molecular weight excluding hydrogens is 486 g/mol. The van der Waals surface area contributed by atoms with E-state index in [1.165, 1.54) is 6.07 Å². The number of fused-ring (bicyclic) bond motifs is 1. The Morgan fingerprint density at radius 3 is 2.81 bits per heavy atom. The Balaban J connectivity index is 0.00000261. The molecule has 150 valence electrons. The van der Waals surface area contributed by atoms with Crippen molar-refractivity contribution in [3.05, 3.63) is 34.6 Å². The van der Waals surface area contributed by atoms with Crippen molar-refractivity contribution in [2.45, 2.75) is 39.0 Å². The summed E-state index contributed by atoms with van der Waals surface area (Å²) in [5, 5.41) is 3.40. The van der Waals surface area contributed by atoms with Crippen LogP contribution in [0.25, 0.3) is 0 Å². The molecule has 1 amide bonds. The molecule has 1 unspecified atom stereocenters. The summed E-state index contributed by atoms with van der Waals surface area (Å²) >= 11 is 5.82. The predicted molar refractivity (Wildman–Crippen MR) is 114 cm³/mol. The van der Waals surface area contributed by atoms with Crippen LogP contribution < -0.4 is 5.32 Å². The highest BCUT2D eigenvalue weighted by atomic mass is 127. The summed E-state index contributed by atoms with van der Waals surface area (Å²) in [5.41, 5.74) is 0.388. The van der Waals surface area contributed by atoms with E-state index in [4.69, 9.17) is 16.3 Å². The van der Waals surface area contributed by atoms with Gasteiger partial charge >= 0.3 is 6.09 Å². The van der Waals surface area contributed by atoms with Crippen molar-refractivity contribution in [1.82, 2.24) is 15.1 Å². The lowest BCUT2D eigenvalue weighted by molar-refractivity contribution is 0.0137. The molecule has 0 saturated carbocycles. The van der Waals surface area contributed by atoms with Crippen LogP contribution in [0.4, 0.5) is 9.18 Å². The Bertz CT molecular complexity index is 726. The molecule has 2 aliphatic heterocycles. The van der Waals surface area contributed by atoms with E-state index in [0.717, 1.165) is 11.5 Å². The summed E-state index contributed by atoms with van der Waals surface area (Å²) in [7, 11) is 0. The second kappa shape index (κ2) is 8.81. The quantitative estimate of drug-likeness (QED) is 0.619. The smallest absolute Gasteiger partial charge is 0.410 e. The van der Waals surface area contributed by atoms with Crippen LogP contribution in [0.15, 0.2) is 23.2 Å². The fourth-order valence-corrected chi connectivity index (χ4v) is 3.26. The number of hydrogen-bond donors (Lipinski definition) is 1. The number of guanidine groups is 1. The normalized spacial score (nSPS) is 19.1. The third-order valence-electron chi connectivity index (χ3n) is 4.29. The number of nitrogens with one attached hydrogen (secondary N) is 1.